The van der Waals surface area contributed by atoms with E-state index in [-0.39, 0.29) is 19.3 Å². The van der Waals surface area contributed by atoms with Gasteiger partial charge in [0.15, 0.2) is 0 Å². The van der Waals surface area contributed by atoms with Crippen LogP contribution >= 0.6 is 0 Å². The van der Waals surface area contributed by atoms with Crippen LogP contribution in [0.1, 0.15) is 26.2 Å². The molecule has 1 atom stereocenters. The van der Waals surface area contributed by atoms with Gasteiger partial charge < -0.3 is 14.7 Å². The van der Waals surface area contributed by atoms with Crippen molar-refractivity contribution in [2.75, 3.05) is 19.8 Å². The number of hydrogen-bond donors (Lipinski definition) is 1. The minimum Gasteiger partial charge on any atom is -0.459 e. The predicted octanol–water partition coefficient (Wildman–Crippen LogP) is -0.0771. The molecule has 15 heavy (non-hydrogen) atoms. The Morgan fingerprint density at radius 1 is 1.47 bits per heavy atom. The largest absolute Gasteiger partial charge is 0.459 e. The molecule has 0 aromatic heterocycles. The van der Waals surface area contributed by atoms with Crippen molar-refractivity contribution < 1.29 is 19.4 Å². The first-order valence-electron chi connectivity index (χ1n) is 5.29. The zero-order valence-corrected chi connectivity index (χ0v) is 8.94. The van der Waals surface area contributed by atoms with Crippen molar-refractivity contribution in [2.24, 2.45) is 0 Å². The van der Waals surface area contributed by atoms with E-state index < -0.39 is 11.9 Å². The highest BCUT2D eigenvalue weighted by atomic mass is 16.5. The number of aliphatic hydroxyl groups is 1. The molecule has 1 aliphatic rings. The summed E-state index contributed by atoms with van der Waals surface area (Å²) in [4.78, 5) is 24.2. The van der Waals surface area contributed by atoms with Gasteiger partial charge in [0.05, 0.1) is 19.3 Å². The van der Waals surface area contributed by atoms with Crippen molar-refractivity contribution >= 4 is 11.9 Å². The second-order valence-corrected chi connectivity index (χ2v) is 3.55. The molecule has 0 aromatic carbocycles. The number of nitrogens with zero attached hydrogens (tertiary/aromatic N) is 1. The molecule has 0 bridgehead atoms. The van der Waals surface area contributed by atoms with Gasteiger partial charge in [0, 0.05) is 6.54 Å². The average Bonchev–Trinajstić information content (AvgIpc) is 2.28. The van der Waals surface area contributed by atoms with E-state index in [1.165, 1.54) is 4.90 Å². The Bertz CT molecular complexity index is 242. The summed E-state index contributed by atoms with van der Waals surface area (Å²) in [6, 6.07) is -0.226. The second kappa shape index (κ2) is 5.70. The normalized spacial score (nSPS) is 21.2. The third-order valence-electron chi connectivity index (χ3n) is 2.55. The summed E-state index contributed by atoms with van der Waals surface area (Å²) in [5.41, 5.74) is 0. The van der Waals surface area contributed by atoms with E-state index in [2.05, 4.69) is 4.74 Å². The van der Waals surface area contributed by atoms with Gasteiger partial charge >= 0.3 is 11.9 Å². The van der Waals surface area contributed by atoms with Gasteiger partial charge in [-0.15, -0.1) is 0 Å². The summed E-state index contributed by atoms with van der Waals surface area (Å²) in [5, 5.41) is 9.08. The maximum absolute atomic E-state index is 11.6. The molecule has 5 nitrogen and oxygen atoms in total. The van der Waals surface area contributed by atoms with Crippen LogP contribution in [0.3, 0.4) is 0 Å². The molecule has 0 saturated carbocycles. The van der Waals surface area contributed by atoms with Crippen molar-refractivity contribution in [1.82, 2.24) is 4.90 Å². The average molecular weight is 215 g/mol. The summed E-state index contributed by atoms with van der Waals surface area (Å²) in [6.07, 6.45) is 2.61. The number of likely N-dealkylation sites (tertiary alicyclic amines) is 1. The third kappa shape index (κ3) is 2.92. The van der Waals surface area contributed by atoms with Crippen molar-refractivity contribution in [1.29, 1.82) is 0 Å². The Hall–Kier alpha value is -1.10. The fraction of sp³-hybridized carbons (Fsp3) is 0.800. The monoisotopic (exact) mass is 215 g/mol. The molecule has 0 aliphatic carbocycles. The van der Waals surface area contributed by atoms with Crippen LogP contribution in [0.5, 0.6) is 0 Å². The Morgan fingerprint density at radius 2 is 2.20 bits per heavy atom. The number of rotatable bonds is 2. The van der Waals surface area contributed by atoms with E-state index in [1.807, 2.05) is 0 Å². The SMILES string of the molecule is CCOC(=O)C(=O)N1CCCCC1CO. The first kappa shape index (κ1) is 12.0. The van der Waals surface area contributed by atoms with Gasteiger partial charge in [0.25, 0.3) is 0 Å². The first-order chi connectivity index (χ1) is 7.20. The molecule has 1 amide bonds. The molecule has 0 aromatic rings. The zero-order valence-electron chi connectivity index (χ0n) is 8.94. The predicted molar refractivity (Wildman–Crippen MR) is 53.1 cm³/mol. The summed E-state index contributed by atoms with van der Waals surface area (Å²) in [7, 11) is 0. The summed E-state index contributed by atoms with van der Waals surface area (Å²) in [6.45, 7) is 2.29. The molecule has 1 N–H and O–H groups in total. The summed E-state index contributed by atoms with van der Waals surface area (Å²) < 4.78 is 4.64. The smallest absolute Gasteiger partial charge is 0.397 e. The van der Waals surface area contributed by atoms with Gasteiger partial charge in [-0.2, -0.15) is 0 Å². The number of carbonyl (C=O) groups excluding carboxylic acids is 2. The summed E-state index contributed by atoms with van der Waals surface area (Å²) in [5.74, 6) is -1.45. The number of esters is 1. The fourth-order valence-corrected chi connectivity index (χ4v) is 1.77. The molecule has 1 saturated heterocycles. The molecule has 1 fully saturated rings. The Kier molecular flexibility index (Phi) is 4.55. The van der Waals surface area contributed by atoms with Gasteiger partial charge in [-0.05, 0) is 26.2 Å². The van der Waals surface area contributed by atoms with Crippen molar-refractivity contribution in [3.8, 4) is 0 Å². The highest BCUT2D eigenvalue weighted by Crippen LogP contribution is 2.16. The van der Waals surface area contributed by atoms with E-state index in [1.54, 1.807) is 6.92 Å². The number of hydrogen-bond acceptors (Lipinski definition) is 4. The number of ether oxygens (including phenoxy) is 1. The van der Waals surface area contributed by atoms with Gasteiger partial charge in [-0.1, -0.05) is 0 Å². The number of aliphatic hydroxyl groups excluding tert-OH is 1. The van der Waals surface area contributed by atoms with Crippen molar-refractivity contribution in [3.63, 3.8) is 0 Å². The molecule has 0 spiro atoms. The highest BCUT2D eigenvalue weighted by Gasteiger charge is 2.30. The molecular weight excluding hydrogens is 198 g/mol. The molecule has 0 radical (unpaired) electrons. The number of carbonyl (C=O) groups is 2. The van der Waals surface area contributed by atoms with Crippen LogP contribution < -0.4 is 0 Å². The van der Waals surface area contributed by atoms with Crippen LogP contribution in [0.25, 0.3) is 0 Å². The van der Waals surface area contributed by atoms with E-state index in [0.717, 1.165) is 19.3 Å². The molecule has 1 rings (SSSR count). The third-order valence-corrected chi connectivity index (χ3v) is 2.55. The van der Waals surface area contributed by atoms with E-state index in [4.69, 9.17) is 5.11 Å². The lowest BCUT2D eigenvalue weighted by molar-refractivity contribution is -0.162. The topological polar surface area (TPSA) is 66.8 Å². The van der Waals surface area contributed by atoms with Gasteiger partial charge in [0.2, 0.25) is 0 Å². The van der Waals surface area contributed by atoms with E-state index >= 15 is 0 Å². The van der Waals surface area contributed by atoms with Gasteiger partial charge in [0.1, 0.15) is 0 Å². The van der Waals surface area contributed by atoms with Crippen molar-refractivity contribution in [2.45, 2.75) is 32.2 Å². The quantitative estimate of drug-likeness (QED) is 0.517. The van der Waals surface area contributed by atoms with E-state index in [0.29, 0.717) is 6.54 Å². The van der Waals surface area contributed by atoms with Crippen LogP contribution in [-0.2, 0) is 14.3 Å². The fourth-order valence-electron chi connectivity index (χ4n) is 1.77. The molecule has 86 valence electrons. The van der Waals surface area contributed by atoms with Crippen LogP contribution in [0.15, 0.2) is 0 Å². The lowest BCUT2D eigenvalue weighted by Gasteiger charge is -2.33. The maximum Gasteiger partial charge on any atom is 0.397 e. The standard InChI is InChI=1S/C10H17NO4/c1-2-15-10(14)9(13)11-6-4-3-5-8(11)7-12/h8,12H,2-7H2,1H3. The van der Waals surface area contributed by atoms with Crippen LogP contribution in [0, 0.1) is 0 Å². The number of piperidine rings is 1. The molecule has 1 aliphatic heterocycles. The van der Waals surface area contributed by atoms with Gasteiger partial charge in [-0.3, -0.25) is 4.79 Å². The van der Waals surface area contributed by atoms with Crippen LogP contribution in [0.2, 0.25) is 0 Å². The lowest BCUT2D eigenvalue weighted by atomic mass is 10.0. The molecular formula is C10H17NO4. The lowest BCUT2D eigenvalue weighted by Crippen LogP contribution is -2.48. The van der Waals surface area contributed by atoms with Crippen LogP contribution in [0.4, 0.5) is 0 Å². The Morgan fingerprint density at radius 3 is 2.80 bits per heavy atom. The number of amides is 1. The first-order valence-corrected chi connectivity index (χ1v) is 5.29. The minimum atomic E-state index is -0.821. The van der Waals surface area contributed by atoms with Gasteiger partial charge in [-0.25, -0.2) is 4.79 Å². The second-order valence-electron chi connectivity index (χ2n) is 3.55. The summed E-state index contributed by atoms with van der Waals surface area (Å²) >= 11 is 0. The molecule has 1 heterocycles. The molecule has 5 heteroatoms. The minimum absolute atomic E-state index is 0.0921. The molecule has 1 unspecified atom stereocenters. The van der Waals surface area contributed by atoms with Crippen molar-refractivity contribution in [3.05, 3.63) is 0 Å². The van der Waals surface area contributed by atoms with Crippen LogP contribution in [-0.4, -0.2) is 47.7 Å². The van der Waals surface area contributed by atoms with E-state index in [9.17, 15) is 9.59 Å². The highest BCUT2D eigenvalue weighted by molar-refractivity contribution is 6.32. The Labute approximate surface area is 89.0 Å². The zero-order chi connectivity index (χ0) is 11.3. The maximum atomic E-state index is 11.6. The Balaban J connectivity index is 2.59.